The Labute approximate surface area is 113 Å². The lowest BCUT2D eigenvalue weighted by molar-refractivity contribution is 0.373. The first-order valence-corrected chi connectivity index (χ1v) is 6.28. The van der Waals surface area contributed by atoms with E-state index in [2.05, 4.69) is 37.4 Å². The maximum atomic E-state index is 9.56. The molecule has 0 aliphatic heterocycles. The van der Waals surface area contributed by atoms with E-state index in [1.54, 1.807) is 13.2 Å². The molecule has 3 nitrogen and oxygen atoms in total. The summed E-state index contributed by atoms with van der Waals surface area (Å²) in [5.74, 6) is 0.666. The Kier molecular flexibility index (Phi) is 3.95. The minimum atomic E-state index is 0.165. The number of phenolic OH excluding ortho intramolecular Hbond substituents is 1. The largest absolute Gasteiger partial charge is 0.504 e. The van der Waals surface area contributed by atoms with Gasteiger partial charge in [0.15, 0.2) is 11.5 Å². The Bertz CT molecular complexity index is 559. The molecule has 3 heteroatoms. The second kappa shape index (κ2) is 5.65. The molecule has 2 aromatic rings. The third-order valence-electron chi connectivity index (χ3n) is 3.19. The minimum Gasteiger partial charge on any atom is -0.504 e. The highest BCUT2D eigenvalue weighted by Gasteiger charge is 2.04. The van der Waals surface area contributed by atoms with E-state index in [0.717, 1.165) is 11.3 Å². The Balaban J connectivity index is 2.15. The summed E-state index contributed by atoms with van der Waals surface area (Å²) >= 11 is 0. The first-order valence-electron chi connectivity index (χ1n) is 6.28. The van der Waals surface area contributed by atoms with Crippen molar-refractivity contribution >= 4 is 5.69 Å². The quantitative estimate of drug-likeness (QED) is 0.878. The number of hydrogen-bond donors (Lipinski definition) is 2. The van der Waals surface area contributed by atoms with E-state index in [1.165, 1.54) is 11.1 Å². The molecule has 100 valence electrons. The van der Waals surface area contributed by atoms with E-state index in [-0.39, 0.29) is 5.75 Å². The van der Waals surface area contributed by atoms with E-state index in [1.807, 2.05) is 12.1 Å². The molecule has 0 amide bonds. The highest BCUT2D eigenvalue weighted by molar-refractivity contribution is 5.57. The molecule has 0 spiro atoms. The van der Waals surface area contributed by atoms with Gasteiger partial charge in [-0.3, -0.25) is 0 Å². The van der Waals surface area contributed by atoms with Crippen molar-refractivity contribution in [2.45, 2.75) is 20.4 Å². The van der Waals surface area contributed by atoms with E-state index < -0.39 is 0 Å². The zero-order valence-corrected chi connectivity index (χ0v) is 11.5. The molecule has 0 unspecified atom stereocenters. The van der Waals surface area contributed by atoms with Gasteiger partial charge >= 0.3 is 0 Å². The summed E-state index contributed by atoms with van der Waals surface area (Å²) in [6, 6.07) is 11.6. The van der Waals surface area contributed by atoms with Crippen LogP contribution in [0.5, 0.6) is 11.5 Å². The average Bonchev–Trinajstić information content (AvgIpc) is 2.40. The smallest absolute Gasteiger partial charge is 0.160 e. The van der Waals surface area contributed by atoms with Crippen molar-refractivity contribution in [3.63, 3.8) is 0 Å². The van der Waals surface area contributed by atoms with Gasteiger partial charge < -0.3 is 15.2 Å². The highest BCUT2D eigenvalue weighted by atomic mass is 16.5. The molecule has 0 fully saturated rings. The summed E-state index contributed by atoms with van der Waals surface area (Å²) in [7, 11) is 1.55. The van der Waals surface area contributed by atoms with Gasteiger partial charge in [-0.15, -0.1) is 0 Å². The number of benzene rings is 2. The van der Waals surface area contributed by atoms with Gasteiger partial charge in [0.2, 0.25) is 0 Å². The van der Waals surface area contributed by atoms with Gasteiger partial charge in [0.05, 0.1) is 7.11 Å². The summed E-state index contributed by atoms with van der Waals surface area (Å²) in [4.78, 5) is 0. The second-order valence-electron chi connectivity index (χ2n) is 4.63. The van der Waals surface area contributed by atoms with Gasteiger partial charge in [0.25, 0.3) is 0 Å². The molecule has 2 aromatic carbocycles. The normalized spacial score (nSPS) is 10.3. The fraction of sp³-hybridized carbons (Fsp3) is 0.250. The second-order valence-corrected chi connectivity index (χ2v) is 4.63. The molecule has 19 heavy (non-hydrogen) atoms. The van der Waals surface area contributed by atoms with Crippen LogP contribution in [0.2, 0.25) is 0 Å². The first-order chi connectivity index (χ1) is 9.11. The van der Waals surface area contributed by atoms with Crippen molar-refractivity contribution in [3.8, 4) is 11.5 Å². The molecular formula is C16H19NO2. The maximum absolute atomic E-state index is 9.56. The third kappa shape index (κ3) is 2.99. The van der Waals surface area contributed by atoms with E-state index in [0.29, 0.717) is 12.3 Å². The van der Waals surface area contributed by atoms with Crippen LogP contribution in [-0.4, -0.2) is 12.2 Å². The average molecular weight is 257 g/mol. The number of ether oxygens (including phenoxy) is 1. The molecular weight excluding hydrogens is 238 g/mol. The molecule has 0 aromatic heterocycles. The van der Waals surface area contributed by atoms with Crippen LogP contribution in [-0.2, 0) is 6.54 Å². The number of nitrogens with one attached hydrogen (secondary N) is 1. The summed E-state index contributed by atoms with van der Waals surface area (Å²) in [5.41, 5.74) is 4.68. The lowest BCUT2D eigenvalue weighted by atomic mass is 10.1. The number of aromatic hydroxyl groups is 1. The summed E-state index contributed by atoms with van der Waals surface area (Å²) in [5, 5.41) is 13.0. The van der Waals surface area contributed by atoms with E-state index in [4.69, 9.17) is 4.74 Å². The Morgan fingerprint density at radius 1 is 1.11 bits per heavy atom. The van der Waals surface area contributed by atoms with Gasteiger partial charge in [0.1, 0.15) is 0 Å². The van der Waals surface area contributed by atoms with Crippen molar-refractivity contribution in [2.75, 3.05) is 12.4 Å². The van der Waals surface area contributed by atoms with Gasteiger partial charge in [-0.05, 0) is 42.7 Å². The molecule has 0 aliphatic carbocycles. The molecule has 0 saturated heterocycles. The zero-order valence-electron chi connectivity index (χ0n) is 11.5. The monoisotopic (exact) mass is 257 g/mol. The number of methoxy groups -OCH3 is 1. The molecule has 0 saturated carbocycles. The third-order valence-corrected chi connectivity index (χ3v) is 3.19. The van der Waals surface area contributed by atoms with Gasteiger partial charge in [-0.2, -0.15) is 0 Å². The molecule has 0 atom stereocenters. The lowest BCUT2D eigenvalue weighted by Gasteiger charge is -2.13. The fourth-order valence-corrected chi connectivity index (χ4v) is 2.12. The predicted octanol–water partition coefficient (Wildman–Crippen LogP) is 3.63. The van der Waals surface area contributed by atoms with Gasteiger partial charge in [0, 0.05) is 12.2 Å². The van der Waals surface area contributed by atoms with Crippen molar-refractivity contribution in [3.05, 3.63) is 53.1 Å². The zero-order chi connectivity index (χ0) is 13.8. The molecule has 2 N–H and O–H groups in total. The summed E-state index contributed by atoms with van der Waals surface area (Å²) < 4.78 is 5.11. The van der Waals surface area contributed by atoms with Crippen LogP contribution in [0, 0.1) is 13.8 Å². The molecule has 2 rings (SSSR count). The Morgan fingerprint density at radius 3 is 2.42 bits per heavy atom. The van der Waals surface area contributed by atoms with Crippen molar-refractivity contribution in [1.29, 1.82) is 0 Å². The first kappa shape index (κ1) is 13.3. The number of rotatable bonds is 4. The SMILES string of the molecule is COc1cc(CNc2c(C)cccc2C)ccc1O. The molecule has 0 bridgehead atoms. The minimum absolute atomic E-state index is 0.165. The summed E-state index contributed by atoms with van der Waals surface area (Å²) in [6.07, 6.45) is 0. The Morgan fingerprint density at radius 2 is 1.79 bits per heavy atom. The van der Waals surface area contributed by atoms with Crippen LogP contribution < -0.4 is 10.1 Å². The van der Waals surface area contributed by atoms with Crippen LogP contribution >= 0.6 is 0 Å². The standard InChI is InChI=1S/C16H19NO2/c1-11-5-4-6-12(2)16(11)17-10-13-7-8-14(18)15(9-13)19-3/h4-9,17-18H,10H2,1-3H3. The van der Waals surface area contributed by atoms with Crippen LogP contribution in [0.1, 0.15) is 16.7 Å². The van der Waals surface area contributed by atoms with Crippen molar-refractivity contribution in [1.82, 2.24) is 0 Å². The molecule has 0 heterocycles. The summed E-state index contributed by atoms with van der Waals surface area (Å²) in [6.45, 7) is 4.88. The fourth-order valence-electron chi connectivity index (χ4n) is 2.12. The number of hydrogen-bond acceptors (Lipinski definition) is 3. The number of aryl methyl sites for hydroxylation is 2. The number of phenols is 1. The lowest BCUT2D eigenvalue weighted by Crippen LogP contribution is -2.03. The van der Waals surface area contributed by atoms with E-state index >= 15 is 0 Å². The molecule has 0 radical (unpaired) electrons. The van der Waals surface area contributed by atoms with Crippen LogP contribution in [0.15, 0.2) is 36.4 Å². The maximum Gasteiger partial charge on any atom is 0.160 e. The van der Waals surface area contributed by atoms with E-state index in [9.17, 15) is 5.11 Å². The topological polar surface area (TPSA) is 41.5 Å². The van der Waals surface area contributed by atoms with Crippen molar-refractivity contribution in [2.24, 2.45) is 0 Å². The molecule has 0 aliphatic rings. The van der Waals surface area contributed by atoms with Gasteiger partial charge in [-0.25, -0.2) is 0 Å². The van der Waals surface area contributed by atoms with Gasteiger partial charge in [-0.1, -0.05) is 24.3 Å². The number of anilines is 1. The van der Waals surface area contributed by atoms with Crippen molar-refractivity contribution < 1.29 is 9.84 Å². The number of para-hydroxylation sites is 1. The Hall–Kier alpha value is -2.16. The van der Waals surface area contributed by atoms with Crippen LogP contribution in [0.4, 0.5) is 5.69 Å². The van der Waals surface area contributed by atoms with Crippen LogP contribution in [0.3, 0.4) is 0 Å². The highest BCUT2D eigenvalue weighted by Crippen LogP contribution is 2.27. The van der Waals surface area contributed by atoms with Crippen LogP contribution in [0.25, 0.3) is 0 Å². The predicted molar refractivity (Wildman–Crippen MR) is 77.9 cm³/mol.